The standard InChI is InChI=1S/C16H12ClNO6/c1-9(19)12-5-4-11(23-2)8-15(12)24-16(20)10-3-6-13(17)14(7-10)18(21)22/h3-8H,1-2H3. The van der Waals surface area contributed by atoms with Gasteiger partial charge in [-0.2, -0.15) is 0 Å². The largest absolute Gasteiger partial charge is 0.497 e. The van der Waals surface area contributed by atoms with Crippen molar-refractivity contribution in [2.75, 3.05) is 7.11 Å². The monoisotopic (exact) mass is 349 g/mol. The summed E-state index contributed by atoms with van der Waals surface area (Å²) in [5, 5.41) is 10.8. The van der Waals surface area contributed by atoms with Crippen LogP contribution in [0.5, 0.6) is 11.5 Å². The van der Waals surface area contributed by atoms with Gasteiger partial charge in [0.15, 0.2) is 5.78 Å². The minimum Gasteiger partial charge on any atom is -0.497 e. The lowest BCUT2D eigenvalue weighted by atomic mass is 10.1. The number of nitro benzene ring substituents is 1. The van der Waals surface area contributed by atoms with Gasteiger partial charge in [-0.3, -0.25) is 14.9 Å². The fourth-order valence-electron chi connectivity index (χ4n) is 1.94. The molecule has 24 heavy (non-hydrogen) atoms. The number of ketones is 1. The van der Waals surface area contributed by atoms with E-state index in [2.05, 4.69) is 0 Å². The van der Waals surface area contributed by atoms with Gasteiger partial charge in [0, 0.05) is 12.1 Å². The maximum atomic E-state index is 12.2. The van der Waals surface area contributed by atoms with Crippen molar-refractivity contribution in [1.29, 1.82) is 0 Å². The molecule has 0 unspecified atom stereocenters. The Kier molecular flexibility index (Phi) is 5.15. The average Bonchev–Trinajstić information content (AvgIpc) is 2.54. The molecule has 0 aliphatic heterocycles. The molecule has 0 fully saturated rings. The molecule has 8 heteroatoms. The molecule has 0 saturated heterocycles. The molecule has 0 heterocycles. The van der Waals surface area contributed by atoms with E-state index in [4.69, 9.17) is 21.1 Å². The van der Waals surface area contributed by atoms with E-state index in [1.54, 1.807) is 6.07 Å². The second kappa shape index (κ2) is 7.10. The first-order valence-electron chi connectivity index (χ1n) is 6.68. The van der Waals surface area contributed by atoms with E-state index in [1.807, 2.05) is 0 Å². The predicted molar refractivity (Wildman–Crippen MR) is 86.1 cm³/mol. The summed E-state index contributed by atoms with van der Waals surface area (Å²) in [6.07, 6.45) is 0. The third-order valence-corrected chi connectivity index (χ3v) is 3.47. The number of methoxy groups -OCH3 is 1. The van der Waals surface area contributed by atoms with E-state index in [-0.39, 0.29) is 27.7 Å². The molecular formula is C16H12ClNO6. The van der Waals surface area contributed by atoms with E-state index < -0.39 is 16.6 Å². The topological polar surface area (TPSA) is 95.7 Å². The number of rotatable bonds is 5. The summed E-state index contributed by atoms with van der Waals surface area (Å²) in [7, 11) is 1.43. The number of carbonyl (C=O) groups is 2. The first-order chi connectivity index (χ1) is 11.3. The van der Waals surface area contributed by atoms with Crippen LogP contribution in [0.4, 0.5) is 5.69 Å². The zero-order chi connectivity index (χ0) is 17.9. The van der Waals surface area contributed by atoms with E-state index in [0.717, 1.165) is 6.07 Å². The summed E-state index contributed by atoms with van der Waals surface area (Å²) in [5.41, 5.74) is -0.292. The highest BCUT2D eigenvalue weighted by atomic mass is 35.5. The number of benzene rings is 2. The third-order valence-electron chi connectivity index (χ3n) is 3.15. The molecule has 2 rings (SSSR count). The fraction of sp³-hybridized carbons (Fsp3) is 0.125. The van der Waals surface area contributed by atoms with Crippen molar-refractivity contribution in [3.05, 3.63) is 62.7 Å². The smallest absolute Gasteiger partial charge is 0.343 e. The van der Waals surface area contributed by atoms with E-state index in [9.17, 15) is 19.7 Å². The first-order valence-corrected chi connectivity index (χ1v) is 7.06. The fourth-order valence-corrected chi connectivity index (χ4v) is 2.13. The summed E-state index contributed by atoms with van der Waals surface area (Å²) in [5.74, 6) is -0.762. The first kappa shape index (κ1) is 17.4. The highest BCUT2D eigenvalue weighted by Crippen LogP contribution is 2.28. The second-order valence-electron chi connectivity index (χ2n) is 4.73. The van der Waals surface area contributed by atoms with Gasteiger partial charge in [-0.05, 0) is 31.2 Å². The number of Topliss-reactive ketones (excluding diaryl/α,β-unsaturated/α-hetero) is 1. The van der Waals surface area contributed by atoms with Crippen molar-refractivity contribution in [3.8, 4) is 11.5 Å². The zero-order valence-corrected chi connectivity index (χ0v) is 13.5. The number of halogens is 1. The van der Waals surface area contributed by atoms with Gasteiger partial charge in [-0.25, -0.2) is 4.79 Å². The van der Waals surface area contributed by atoms with Gasteiger partial charge < -0.3 is 9.47 Å². The molecular weight excluding hydrogens is 338 g/mol. The summed E-state index contributed by atoms with van der Waals surface area (Å²) >= 11 is 5.71. The molecule has 2 aromatic rings. The minimum atomic E-state index is -0.856. The van der Waals surface area contributed by atoms with Crippen molar-refractivity contribution in [2.24, 2.45) is 0 Å². The Balaban J connectivity index is 2.38. The third kappa shape index (κ3) is 3.69. The molecule has 0 aliphatic rings. The van der Waals surface area contributed by atoms with Gasteiger partial charge in [-0.1, -0.05) is 11.6 Å². The summed E-state index contributed by atoms with van der Waals surface area (Å²) in [4.78, 5) is 34.1. The molecule has 124 valence electrons. The average molecular weight is 350 g/mol. The van der Waals surface area contributed by atoms with Crippen LogP contribution in [0, 0.1) is 10.1 Å². The van der Waals surface area contributed by atoms with Gasteiger partial charge >= 0.3 is 5.97 Å². The molecule has 0 saturated carbocycles. The number of hydrogen-bond acceptors (Lipinski definition) is 6. The van der Waals surface area contributed by atoms with Crippen LogP contribution in [-0.4, -0.2) is 23.8 Å². The van der Waals surface area contributed by atoms with E-state index in [0.29, 0.717) is 5.75 Å². The summed E-state index contributed by atoms with van der Waals surface area (Å²) in [6.45, 7) is 1.33. The van der Waals surface area contributed by atoms with Crippen LogP contribution in [0.25, 0.3) is 0 Å². The molecule has 0 spiro atoms. The van der Waals surface area contributed by atoms with Crippen molar-refractivity contribution < 1.29 is 24.0 Å². The van der Waals surface area contributed by atoms with Crippen LogP contribution in [-0.2, 0) is 0 Å². The number of nitrogens with zero attached hydrogens (tertiary/aromatic N) is 1. The van der Waals surface area contributed by atoms with Crippen LogP contribution in [0.2, 0.25) is 5.02 Å². The minimum absolute atomic E-state index is 0.00412. The van der Waals surface area contributed by atoms with Crippen LogP contribution >= 0.6 is 11.6 Å². The Morgan fingerprint density at radius 2 is 1.88 bits per heavy atom. The van der Waals surface area contributed by atoms with Gasteiger partial charge in [0.2, 0.25) is 0 Å². The quantitative estimate of drug-likeness (QED) is 0.268. The Morgan fingerprint density at radius 3 is 2.46 bits per heavy atom. The maximum Gasteiger partial charge on any atom is 0.343 e. The summed E-state index contributed by atoms with van der Waals surface area (Å²) in [6, 6.07) is 7.95. The molecule has 7 nitrogen and oxygen atoms in total. The van der Waals surface area contributed by atoms with Crippen LogP contribution < -0.4 is 9.47 Å². The lowest BCUT2D eigenvalue weighted by molar-refractivity contribution is -0.384. The zero-order valence-electron chi connectivity index (χ0n) is 12.7. The molecule has 0 aliphatic carbocycles. The number of hydrogen-bond donors (Lipinski definition) is 0. The van der Waals surface area contributed by atoms with Crippen molar-refractivity contribution in [3.63, 3.8) is 0 Å². The lowest BCUT2D eigenvalue weighted by Crippen LogP contribution is -2.11. The van der Waals surface area contributed by atoms with Crippen LogP contribution in [0.15, 0.2) is 36.4 Å². The number of nitro groups is 1. The molecule has 0 radical (unpaired) electrons. The molecule has 0 atom stereocenters. The van der Waals surface area contributed by atoms with Gasteiger partial charge in [0.05, 0.1) is 23.2 Å². The van der Waals surface area contributed by atoms with Gasteiger partial charge in [0.25, 0.3) is 5.69 Å². The lowest BCUT2D eigenvalue weighted by Gasteiger charge is -2.10. The normalized spacial score (nSPS) is 10.1. The Morgan fingerprint density at radius 1 is 1.17 bits per heavy atom. The van der Waals surface area contributed by atoms with Gasteiger partial charge in [0.1, 0.15) is 16.5 Å². The van der Waals surface area contributed by atoms with Crippen molar-refractivity contribution in [1.82, 2.24) is 0 Å². The van der Waals surface area contributed by atoms with Crippen molar-refractivity contribution >= 4 is 29.0 Å². The molecule has 0 N–H and O–H groups in total. The highest BCUT2D eigenvalue weighted by Gasteiger charge is 2.19. The number of carbonyl (C=O) groups excluding carboxylic acids is 2. The van der Waals surface area contributed by atoms with E-state index in [1.165, 1.54) is 38.3 Å². The Hall–Kier alpha value is -2.93. The Labute approximate surface area is 141 Å². The Bertz CT molecular complexity index is 833. The summed E-state index contributed by atoms with van der Waals surface area (Å²) < 4.78 is 10.2. The SMILES string of the molecule is COc1ccc(C(C)=O)c(OC(=O)c2ccc(Cl)c([N+](=O)[O-])c2)c1. The number of esters is 1. The van der Waals surface area contributed by atoms with Crippen LogP contribution in [0.1, 0.15) is 27.6 Å². The predicted octanol–water partition coefficient (Wildman–Crippen LogP) is 3.68. The highest BCUT2D eigenvalue weighted by molar-refractivity contribution is 6.32. The second-order valence-corrected chi connectivity index (χ2v) is 5.14. The maximum absolute atomic E-state index is 12.2. The molecule has 0 bridgehead atoms. The van der Waals surface area contributed by atoms with Crippen LogP contribution in [0.3, 0.4) is 0 Å². The molecule has 2 aromatic carbocycles. The van der Waals surface area contributed by atoms with Crippen molar-refractivity contribution in [2.45, 2.75) is 6.92 Å². The number of ether oxygens (including phenoxy) is 2. The van der Waals surface area contributed by atoms with Gasteiger partial charge in [-0.15, -0.1) is 0 Å². The molecule has 0 aromatic heterocycles. The van der Waals surface area contributed by atoms with E-state index >= 15 is 0 Å². The molecule has 0 amide bonds.